The molecular weight excluding hydrogens is 201 g/mol. The van der Waals surface area contributed by atoms with E-state index in [1.165, 1.54) is 19.4 Å². The molecule has 0 saturated heterocycles. The molecular formula is C10H8FNO3. The van der Waals surface area contributed by atoms with Gasteiger partial charge >= 0.3 is 5.97 Å². The quantitative estimate of drug-likeness (QED) is 0.795. The summed E-state index contributed by atoms with van der Waals surface area (Å²) in [5.41, 5.74) is 0.581. The van der Waals surface area contributed by atoms with Crippen LogP contribution in [0.5, 0.6) is 5.75 Å². The highest BCUT2D eigenvalue weighted by molar-refractivity contribution is 6.03. The summed E-state index contributed by atoms with van der Waals surface area (Å²) in [6.45, 7) is 0. The van der Waals surface area contributed by atoms with E-state index in [1.54, 1.807) is 0 Å². The standard InChI is InChI=1S/C10H8FNO3/c1-15-9-3-8-5(2-7(9)11)6(4-12-8)10(13)14/h2-4,12H,1H3,(H,13,14). The molecule has 0 saturated carbocycles. The predicted molar refractivity (Wildman–Crippen MR) is 51.8 cm³/mol. The van der Waals surface area contributed by atoms with Crippen molar-refractivity contribution in [2.24, 2.45) is 0 Å². The van der Waals surface area contributed by atoms with Crippen molar-refractivity contribution < 1.29 is 19.0 Å². The van der Waals surface area contributed by atoms with Gasteiger partial charge in [-0.15, -0.1) is 0 Å². The van der Waals surface area contributed by atoms with Crippen LogP contribution in [-0.2, 0) is 0 Å². The Morgan fingerprint density at radius 1 is 1.53 bits per heavy atom. The molecule has 1 aromatic carbocycles. The Bertz CT molecular complexity index is 533. The minimum atomic E-state index is -1.09. The molecule has 0 atom stereocenters. The number of aromatic nitrogens is 1. The molecule has 0 aliphatic carbocycles. The Hall–Kier alpha value is -2.04. The first kappa shape index (κ1) is 9.51. The molecule has 0 radical (unpaired) electrons. The zero-order chi connectivity index (χ0) is 11.0. The smallest absolute Gasteiger partial charge is 0.337 e. The highest BCUT2D eigenvalue weighted by Crippen LogP contribution is 2.26. The molecule has 0 spiro atoms. The van der Waals surface area contributed by atoms with Gasteiger partial charge in [0.15, 0.2) is 11.6 Å². The topological polar surface area (TPSA) is 62.3 Å². The van der Waals surface area contributed by atoms with E-state index in [1.807, 2.05) is 0 Å². The van der Waals surface area contributed by atoms with Gasteiger partial charge in [0, 0.05) is 17.6 Å². The van der Waals surface area contributed by atoms with E-state index in [4.69, 9.17) is 9.84 Å². The molecule has 5 heteroatoms. The lowest BCUT2D eigenvalue weighted by atomic mass is 10.1. The average Bonchev–Trinajstić information content (AvgIpc) is 2.59. The lowest BCUT2D eigenvalue weighted by Gasteiger charge is -2.01. The molecule has 0 fully saturated rings. The SMILES string of the molecule is COc1cc2[nH]cc(C(=O)O)c2cc1F. The molecule has 78 valence electrons. The maximum absolute atomic E-state index is 13.3. The maximum atomic E-state index is 13.3. The highest BCUT2D eigenvalue weighted by atomic mass is 19.1. The fourth-order valence-corrected chi connectivity index (χ4v) is 1.46. The summed E-state index contributed by atoms with van der Waals surface area (Å²) in [5, 5.41) is 9.15. The van der Waals surface area contributed by atoms with Gasteiger partial charge in [-0.1, -0.05) is 0 Å². The normalized spacial score (nSPS) is 10.5. The van der Waals surface area contributed by atoms with Gasteiger partial charge in [0.25, 0.3) is 0 Å². The van der Waals surface area contributed by atoms with Gasteiger partial charge in [0.1, 0.15) is 0 Å². The third-order valence-corrected chi connectivity index (χ3v) is 2.18. The number of aromatic amines is 1. The summed E-state index contributed by atoms with van der Waals surface area (Å²) in [6, 6.07) is 2.57. The van der Waals surface area contributed by atoms with Gasteiger partial charge < -0.3 is 14.8 Å². The number of carbonyl (C=O) groups is 1. The number of carboxylic acid groups (broad SMARTS) is 1. The van der Waals surface area contributed by atoms with Gasteiger partial charge in [-0.3, -0.25) is 0 Å². The van der Waals surface area contributed by atoms with Crippen LogP contribution >= 0.6 is 0 Å². The van der Waals surface area contributed by atoms with E-state index in [2.05, 4.69) is 4.98 Å². The third-order valence-electron chi connectivity index (χ3n) is 2.18. The van der Waals surface area contributed by atoms with Gasteiger partial charge in [-0.25, -0.2) is 9.18 Å². The lowest BCUT2D eigenvalue weighted by Crippen LogP contribution is -1.94. The number of carboxylic acids is 1. The molecule has 2 aromatic rings. The number of aromatic carboxylic acids is 1. The number of benzene rings is 1. The molecule has 0 aliphatic rings. The highest BCUT2D eigenvalue weighted by Gasteiger charge is 2.13. The van der Waals surface area contributed by atoms with Crippen LogP contribution in [0.3, 0.4) is 0 Å². The van der Waals surface area contributed by atoms with Crippen LogP contribution in [0.2, 0.25) is 0 Å². The molecule has 2 rings (SSSR count). The van der Waals surface area contributed by atoms with Crippen molar-refractivity contribution in [1.82, 2.24) is 4.98 Å². The van der Waals surface area contributed by atoms with Gasteiger partial charge in [-0.2, -0.15) is 0 Å². The molecule has 15 heavy (non-hydrogen) atoms. The van der Waals surface area contributed by atoms with Crippen LogP contribution in [-0.4, -0.2) is 23.2 Å². The molecule has 0 aliphatic heterocycles. The van der Waals surface area contributed by atoms with E-state index in [0.29, 0.717) is 10.9 Å². The number of halogens is 1. The summed E-state index contributed by atoms with van der Waals surface area (Å²) in [7, 11) is 1.35. The number of fused-ring (bicyclic) bond motifs is 1. The number of hydrogen-bond donors (Lipinski definition) is 2. The van der Waals surface area contributed by atoms with Crippen molar-refractivity contribution in [2.75, 3.05) is 7.11 Å². The number of H-pyrrole nitrogens is 1. The van der Waals surface area contributed by atoms with Crippen molar-refractivity contribution in [2.45, 2.75) is 0 Å². The van der Waals surface area contributed by atoms with Crippen LogP contribution in [0, 0.1) is 5.82 Å². The van der Waals surface area contributed by atoms with Crippen LogP contribution < -0.4 is 4.74 Å². The van der Waals surface area contributed by atoms with Crippen LogP contribution in [0.1, 0.15) is 10.4 Å². The number of hydrogen-bond acceptors (Lipinski definition) is 2. The molecule has 2 N–H and O–H groups in total. The van der Waals surface area contributed by atoms with Crippen molar-refractivity contribution in [3.8, 4) is 5.75 Å². The zero-order valence-electron chi connectivity index (χ0n) is 7.87. The van der Waals surface area contributed by atoms with E-state index in [9.17, 15) is 9.18 Å². The summed E-state index contributed by atoms with van der Waals surface area (Å²) in [5.74, 6) is -1.58. The van der Waals surface area contributed by atoms with Crippen molar-refractivity contribution in [3.63, 3.8) is 0 Å². The monoisotopic (exact) mass is 209 g/mol. The minimum absolute atomic E-state index is 0.0477. The van der Waals surface area contributed by atoms with E-state index in [0.717, 1.165) is 6.07 Å². The average molecular weight is 209 g/mol. The number of nitrogens with one attached hydrogen (secondary N) is 1. The number of methoxy groups -OCH3 is 1. The Morgan fingerprint density at radius 3 is 2.87 bits per heavy atom. The number of ether oxygens (including phenoxy) is 1. The number of rotatable bonds is 2. The summed E-state index contributed by atoms with van der Waals surface area (Å²) in [4.78, 5) is 13.5. The fraction of sp³-hybridized carbons (Fsp3) is 0.100. The maximum Gasteiger partial charge on any atom is 0.337 e. The first-order valence-corrected chi connectivity index (χ1v) is 4.21. The fourth-order valence-electron chi connectivity index (χ4n) is 1.46. The second kappa shape index (κ2) is 3.27. The van der Waals surface area contributed by atoms with Crippen molar-refractivity contribution >= 4 is 16.9 Å². The molecule has 1 heterocycles. The van der Waals surface area contributed by atoms with Gasteiger partial charge in [-0.05, 0) is 6.07 Å². The van der Waals surface area contributed by atoms with Gasteiger partial charge in [0.05, 0.1) is 18.2 Å². The molecule has 4 nitrogen and oxygen atoms in total. The van der Waals surface area contributed by atoms with Crippen LogP contribution in [0.25, 0.3) is 10.9 Å². The largest absolute Gasteiger partial charge is 0.494 e. The zero-order valence-corrected chi connectivity index (χ0v) is 7.87. The van der Waals surface area contributed by atoms with Crippen LogP contribution in [0.4, 0.5) is 4.39 Å². The second-order valence-electron chi connectivity index (χ2n) is 3.04. The summed E-state index contributed by atoms with van der Waals surface area (Å²) in [6.07, 6.45) is 1.33. The first-order valence-electron chi connectivity index (χ1n) is 4.21. The molecule has 0 unspecified atom stereocenters. The van der Waals surface area contributed by atoms with E-state index in [-0.39, 0.29) is 11.3 Å². The minimum Gasteiger partial charge on any atom is -0.494 e. The summed E-state index contributed by atoms with van der Waals surface area (Å²) < 4.78 is 18.1. The molecule has 0 bridgehead atoms. The van der Waals surface area contributed by atoms with Crippen LogP contribution in [0.15, 0.2) is 18.3 Å². The Morgan fingerprint density at radius 2 is 2.27 bits per heavy atom. The predicted octanol–water partition coefficient (Wildman–Crippen LogP) is 2.01. The Labute approximate surface area is 84.3 Å². The molecule has 1 aromatic heterocycles. The summed E-state index contributed by atoms with van der Waals surface area (Å²) >= 11 is 0. The second-order valence-corrected chi connectivity index (χ2v) is 3.04. The lowest BCUT2D eigenvalue weighted by molar-refractivity contribution is 0.0699. The van der Waals surface area contributed by atoms with Gasteiger partial charge in [0.2, 0.25) is 0 Å². The Balaban J connectivity index is 2.73. The third kappa shape index (κ3) is 1.41. The van der Waals surface area contributed by atoms with E-state index >= 15 is 0 Å². The molecule has 0 amide bonds. The van der Waals surface area contributed by atoms with E-state index < -0.39 is 11.8 Å². The van der Waals surface area contributed by atoms with Crippen molar-refractivity contribution in [3.05, 3.63) is 29.7 Å². The Kier molecular flexibility index (Phi) is 2.07. The van der Waals surface area contributed by atoms with Crippen molar-refractivity contribution in [1.29, 1.82) is 0 Å². The first-order chi connectivity index (χ1) is 7.13.